The standard InChI is InChI=1S/C24H23Cl2N3O3S/c1-17(2)18-11-13-19(14-12-18)29(33(31,32)20-7-4-3-5-8-20)16-24(30)28-27-15-21-22(25)9-6-10-23(21)26/h3-15,17H,16H2,1-2H3,(H,28,30)/b27-15+. The van der Waals surface area contributed by atoms with Gasteiger partial charge in [-0.05, 0) is 47.9 Å². The molecule has 3 aromatic carbocycles. The highest BCUT2D eigenvalue weighted by atomic mass is 35.5. The number of carbonyl (C=O) groups is 1. The van der Waals surface area contributed by atoms with Crippen LogP contribution in [0.3, 0.4) is 0 Å². The van der Waals surface area contributed by atoms with Crippen LogP contribution in [0, 0.1) is 0 Å². The van der Waals surface area contributed by atoms with Crippen molar-refractivity contribution in [3.05, 3.63) is 94.0 Å². The minimum absolute atomic E-state index is 0.0806. The van der Waals surface area contributed by atoms with Crippen molar-refractivity contribution in [3.63, 3.8) is 0 Å². The predicted octanol–water partition coefficient (Wildman–Crippen LogP) is 5.46. The van der Waals surface area contributed by atoms with Gasteiger partial charge < -0.3 is 0 Å². The SMILES string of the molecule is CC(C)c1ccc(N(CC(=O)N/N=C/c2c(Cl)cccc2Cl)S(=O)(=O)c2ccccc2)cc1. The fourth-order valence-corrected chi connectivity index (χ4v) is 4.97. The van der Waals surface area contributed by atoms with Gasteiger partial charge in [-0.1, -0.05) is 73.4 Å². The van der Waals surface area contributed by atoms with Crippen LogP contribution in [0.1, 0.15) is 30.9 Å². The average Bonchev–Trinajstić information content (AvgIpc) is 2.80. The van der Waals surface area contributed by atoms with Crippen LogP contribution in [0.4, 0.5) is 5.69 Å². The number of halogens is 2. The van der Waals surface area contributed by atoms with Crippen LogP contribution in [0.15, 0.2) is 82.8 Å². The van der Waals surface area contributed by atoms with E-state index in [-0.39, 0.29) is 10.8 Å². The highest BCUT2D eigenvalue weighted by Gasteiger charge is 2.27. The molecule has 0 atom stereocenters. The molecule has 33 heavy (non-hydrogen) atoms. The third-order valence-electron chi connectivity index (χ3n) is 4.85. The molecule has 0 spiro atoms. The van der Waals surface area contributed by atoms with Gasteiger partial charge in [-0.15, -0.1) is 0 Å². The van der Waals surface area contributed by atoms with Crippen molar-refractivity contribution in [1.82, 2.24) is 5.43 Å². The Morgan fingerprint density at radius 3 is 2.15 bits per heavy atom. The molecule has 3 rings (SSSR count). The van der Waals surface area contributed by atoms with Crippen molar-refractivity contribution in [2.75, 3.05) is 10.8 Å². The molecule has 0 saturated carbocycles. The Morgan fingerprint density at radius 2 is 1.58 bits per heavy atom. The zero-order valence-electron chi connectivity index (χ0n) is 18.1. The first-order chi connectivity index (χ1) is 15.7. The maximum atomic E-state index is 13.3. The Kier molecular flexibility index (Phi) is 8.13. The Bertz CT molecular complexity index is 1230. The summed E-state index contributed by atoms with van der Waals surface area (Å²) in [5.41, 5.74) is 4.22. The van der Waals surface area contributed by atoms with Crippen molar-refractivity contribution in [2.24, 2.45) is 5.10 Å². The van der Waals surface area contributed by atoms with Crippen LogP contribution in [-0.4, -0.2) is 27.1 Å². The zero-order valence-corrected chi connectivity index (χ0v) is 20.4. The molecule has 0 fully saturated rings. The van der Waals surface area contributed by atoms with Crippen molar-refractivity contribution < 1.29 is 13.2 Å². The highest BCUT2D eigenvalue weighted by Crippen LogP contribution is 2.26. The number of benzene rings is 3. The summed E-state index contributed by atoms with van der Waals surface area (Å²) in [7, 11) is -3.99. The third kappa shape index (κ3) is 6.13. The van der Waals surface area contributed by atoms with E-state index >= 15 is 0 Å². The maximum Gasteiger partial charge on any atom is 0.264 e. The smallest absolute Gasteiger partial charge is 0.264 e. The average molecular weight is 504 g/mol. The van der Waals surface area contributed by atoms with Gasteiger partial charge in [0.15, 0.2) is 0 Å². The number of nitrogens with one attached hydrogen (secondary N) is 1. The Balaban J connectivity index is 1.86. The molecule has 0 aliphatic rings. The number of anilines is 1. The fraction of sp³-hybridized carbons (Fsp3) is 0.167. The number of hydrogen-bond acceptors (Lipinski definition) is 4. The zero-order chi connectivity index (χ0) is 24.0. The first kappa shape index (κ1) is 24.8. The molecule has 1 amide bonds. The van der Waals surface area contributed by atoms with Crippen LogP contribution in [-0.2, 0) is 14.8 Å². The van der Waals surface area contributed by atoms with Crippen LogP contribution < -0.4 is 9.73 Å². The topological polar surface area (TPSA) is 78.8 Å². The number of sulfonamides is 1. The van der Waals surface area contributed by atoms with Gasteiger partial charge in [0.25, 0.3) is 15.9 Å². The molecular weight excluding hydrogens is 481 g/mol. The summed E-state index contributed by atoms with van der Waals surface area (Å²) in [6.45, 7) is 3.63. The van der Waals surface area contributed by atoms with E-state index < -0.39 is 22.5 Å². The third-order valence-corrected chi connectivity index (χ3v) is 7.30. The molecule has 9 heteroatoms. The lowest BCUT2D eigenvalue weighted by molar-refractivity contribution is -0.119. The van der Waals surface area contributed by atoms with Gasteiger partial charge in [0.05, 0.1) is 26.8 Å². The largest absolute Gasteiger partial charge is 0.271 e. The minimum Gasteiger partial charge on any atom is -0.271 e. The van der Waals surface area contributed by atoms with Crippen LogP contribution in [0.2, 0.25) is 10.0 Å². The predicted molar refractivity (Wildman–Crippen MR) is 134 cm³/mol. The highest BCUT2D eigenvalue weighted by molar-refractivity contribution is 7.92. The van der Waals surface area contributed by atoms with E-state index in [0.29, 0.717) is 21.3 Å². The van der Waals surface area contributed by atoms with Gasteiger partial charge in [0, 0.05) is 5.56 Å². The van der Waals surface area contributed by atoms with Crippen LogP contribution >= 0.6 is 23.2 Å². The molecular formula is C24H23Cl2N3O3S. The van der Waals surface area contributed by atoms with E-state index in [9.17, 15) is 13.2 Å². The van der Waals surface area contributed by atoms with Crippen molar-refractivity contribution in [1.29, 1.82) is 0 Å². The van der Waals surface area contributed by atoms with Crippen molar-refractivity contribution >= 4 is 51.0 Å². The van der Waals surface area contributed by atoms with Gasteiger partial charge in [-0.2, -0.15) is 5.10 Å². The van der Waals surface area contributed by atoms with E-state index in [4.69, 9.17) is 23.2 Å². The summed E-state index contributed by atoms with van der Waals surface area (Å²) < 4.78 is 27.7. The Morgan fingerprint density at radius 1 is 0.970 bits per heavy atom. The molecule has 0 radical (unpaired) electrons. The molecule has 0 heterocycles. The molecule has 1 N–H and O–H groups in total. The molecule has 6 nitrogen and oxygen atoms in total. The van der Waals surface area contributed by atoms with Crippen LogP contribution in [0.5, 0.6) is 0 Å². The second-order valence-corrected chi connectivity index (χ2v) is 10.2. The quantitative estimate of drug-likeness (QED) is 0.327. The van der Waals surface area contributed by atoms with Crippen molar-refractivity contribution in [3.8, 4) is 0 Å². The fourth-order valence-electron chi connectivity index (χ4n) is 3.03. The van der Waals surface area contributed by atoms with Gasteiger partial charge in [0.1, 0.15) is 6.54 Å². The summed E-state index contributed by atoms with van der Waals surface area (Å²) in [6.07, 6.45) is 1.32. The van der Waals surface area contributed by atoms with E-state index in [1.165, 1.54) is 18.3 Å². The number of hydrogen-bond donors (Lipinski definition) is 1. The Labute approximate surface area is 203 Å². The van der Waals surface area contributed by atoms with Crippen LogP contribution in [0.25, 0.3) is 0 Å². The second kappa shape index (κ2) is 10.8. The number of rotatable bonds is 8. The molecule has 0 unspecified atom stereocenters. The van der Waals surface area contributed by atoms with Gasteiger partial charge in [-0.3, -0.25) is 9.10 Å². The minimum atomic E-state index is -3.99. The molecule has 0 aliphatic heterocycles. The molecule has 3 aromatic rings. The number of amides is 1. The van der Waals surface area contributed by atoms with Crippen molar-refractivity contribution in [2.45, 2.75) is 24.7 Å². The van der Waals surface area contributed by atoms with E-state index in [0.717, 1.165) is 9.87 Å². The normalized spacial score (nSPS) is 11.7. The van der Waals surface area contributed by atoms with E-state index in [1.807, 2.05) is 26.0 Å². The Hall–Kier alpha value is -2.87. The van der Waals surface area contributed by atoms with E-state index in [1.54, 1.807) is 48.5 Å². The second-order valence-electron chi connectivity index (χ2n) is 7.50. The summed E-state index contributed by atoms with van der Waals surface area (Å²) >= 11 is 12.2. The summed E-state index contributed by atoms with van der Waals surface area (Å²) in [5, 5.41) is 4.64. The van der Waals surface area contributed by atoms with E-state index in [2.05, 4.69) is 10.5 Å². The number of nitrogens with zero attached hydrogens (tertiary/aromatic N) is 2. The summed E-state index contributed by atoms with van der Waals surface area (Å²) in [4.78, 5) is 12.7. The van der Waals surface area contributed by atoms with Gasteiger partial charge in [0.2, 0.25) is 0 Å². The molecule has 0 bridgehead atoms. The lowest BCUT2D eigenvalue weighted by atomic mass is 10.0. The number of carbonyl (C=O) groups excluding carboxylic acids is 1. The lowest BCUT2D eigenvalue weighted by Gasteiger charge is -2.24. The molecule has 0 aliphatic carbocycles. The maximum absolute atomic E-state index is 13.3. The summed E-state index contributed by atoms with van der Waals surface area (Å²) in [5.74, 6) is -0.339. The molecule has 0 saturated heterocycles. The first-order valence-electron chi connectivity index (χ1n) is 10.1. The molecule has 0 aromatic heterocycles. The molecule has 172 valence electrons. The number of hydrazone groups is 1. The first-order valence-corrected chi connectivity index (χ1v) is 12.3. The monoisotopic (exact) mass is 503 g/mol. The lowest BCUT2D eigenvalue weighted by Crippen LogP contribution is -2.39. The van der Waals surface area contributed by atoms with Gasteiger partial charge >= 0.3 is 0 Å². The van der Waals surface area contributed by atoms with Gasteiger partial charge in [-0.25, -0.2) is 13.8 Å². The summed E-state index contributed by atoms with van der Waals surface area (Å²) in [6, 6.07) is 20.0.